The van der Waals surface area contributed by atoms with Crippen molar-refractivity contribution in [3.05, 3.63) is 12.7 Å². The minimum atomic E-state index is -1.05. The van der Waals surface area contributed by atoms with E-state index in [0.29, 0.717) is 6.54 Å². The van der Waals surface area contributed by atoms with Crippen molar-refractivity contribution in [3.8, 4) is 0 Å². The fourth-order valence-corrected chi connectivity index (χ4v) is 0.908. The van der Waals surface area contributed by atoms with Crippen molar-refractivity contribution in [2.45, 2.75) is 19.9 Å². The number of likely N-dealkylation sites (N-methyl/N-ethyl adjacent to an activating group) is 1. The van der Waals surface area contributed by atoms with E-state index in [0.717, 1.165) is 4.90 Å². The quantitative estimate of drug-likeness (QED) is 0.676. The molecule has 0 rings (SSSR count). The van der Waals surface area contributed by atoms with Gasteiger partial charge < -0.3 is 9.84 Å². The number of aliphatic carboxylic acids is 1. The van der Waals surface area contributed by atoms with Crippen molar-refractivity contribution in [2.75, 3.05) is 13.2 Å². The summed E-state index contributed by atoms with van der Waals surface area (Å²) in [4.78, 5) is 23.0. The van der Waals surface area contributed by atoms with E-state index >= 15 is 0 Å². The summed E-state index contributed by atoms with van der Waals surface area (Å²) in [5, 5.41) is 8.69. The Hall–Kier alpha value is -1.52. The first kappa shape index (κ1) is 12.5. The van der Waals surface area contributed by atoms with Crippen molar-refractivity contribution in [2.24, 2.45) is 0 Å². The number of carbonyl (C=O) groups is 2. The predicted octanol–water partition coefficient (Wildman–Crippen LogP) is 1.10. The van der Waals surface area contributed by atoms with E-state index in [1.807, 2.05) is 0 Å². The van der Waals surface area contributed by atoms with Gasteiger partial charge in [0.25, 0.3) is 0 Å². The molecule has 0 spiro atoms. The second-order valence-electron chi connectivity index (χ2n) is 2.67. The fraction of sp³-hybridized carbons (Fsp3) is 0.556. The molecule has 0 fully saturated rings. The summed E-state index contributed by atoms with van der Waals surface area (Å²) in [6.07, 6.45) is 0.791. The summed E-state index contributed by atoms with van der Waals surface area (Å²) in [6.45, 7) is 6.89. The minimum absolute atomic E-state index is 0.0850. The molecule has 0 aliphatic carbocycles. The molecule has 1 atom stereocenters. The zero-order valence-corrected chi connectivity index (χ0v) is 8.40. The number of rotatable bonds is 5. The maximum atomic E-state index is 11.3. The molecular weight excluding hydrogens is 186 g/mol. The molecule has 0 saturated heterocycles. The lowest BCUT2D eigenvalue weighted by atomic mass is 10.3. The Bertz CT molecular complexity index is 227. The van der Waals surface area contributed by atoms with Crippen molar-refractivity contribution < 1.29 is 19.4 Å². The summed E-state index contributed by atoms with van der Waals surface area (Å²) in [5.74, 6) is -1.05. The van der Waals surface area contributed by atoms with Gasteiger partial charge in [-0.15, -0.1) is 0 Å². The highest BCUT2D eigenvalue weighted by Crippen LogP contribution is 2.02. The Morgan fingerprint density at radius 2 is 2.21 bits per heavy atom. The SMILES string of the molecule is C=CCOC(=O)N(CC)C(C)C(=O)O. The average Bonchev–Trinajstić information content (AvgIpc) is 2.15. The van der Waals surface area contributed by atoms with Crippen LogP contribution in [0, 0.1) is 0 Å². The molecule has 0 aliphatic rings. The Morgan fingerprint density at radius 3 is 2.57 bits per heavy atom. The van der Waals surface area contributed by atoms with Crippen LogP contribution in [-0.2, 0) is 9.53 Å². The molecule has 0 aliphatic heterocycles. The van der Waals surface area contributed by atoms with E-state index in [2.05, 4.69) is 6.58 Å². The number of carboxylic acid groups (broad SMARTS) is 1. The smallest absolute Gasteiger partial charge is 0.410 e. The maximum absolute atomic E-state index is 11.3. The van der Waals surface area contributed by atoms with Crippen LogP contribution in [0.1, 0.15) is 13.8 Å². The van der Waals surface area contributed by atoms with Gasteiger partial charge in [0.2, 0.25) is 0 Å². The monoisotopic (exact) mass is 201 g/mol. The van der Waals surface area contributed by atoms with Crippen molar-refractivity contribution >= 4 is 12.1 Å². The van der Waals surface area contributed by atoms with Gasteiger partial charge in [0.1, 0.15) is 12.6 Å². The lowest BCUT2D eigenvalue weighted by Crippen LogP contribution is -2.43. The Kier molecular flexibility index (Phi) is 5.36. The molecule has 0 radical (unpaired) electrons. The molecule has 1 unspecified atom stereocenters. The standard InChI is InChI=1S/C9H15NO4/c1-4-6-14-9(13)10(5-2)7(3)8(11)12/h4,7H,1,5-6H2,2-3H3,(H,11,12). The van der Waals surface area contributed by atoms with E-state index < -0.39 is 18.1 Å². The van der Waals surface area contributed by atoms with Gasteiger partial charge in [-0.25, -0.2) is 9.59 Å². The number of amides is 1. The highest BCUT2D eigenvalue weighted by atomic mass is 16.6. The van der Waals surface area contributed by atoms with Gasteiger partial charge in [-0.3, -0.25) is 4.90 Å². The highest BCUT2D eigenvalue weighted by Gasteiger charge is 2.24. The van der Waals surface area contributed by atoms with Crippen molar-refractivity contribution in [1.29, 1.82) is 0 Å². The van der Waals surface area contributed by atoms with Gasteiger partial charge in [-0.1, -0.05) is 12.7 Å². The number of hydrogen-bond acceptors (Lipinski definition) is 3. The maximum Gasteiger partial charge on any atom is 0.410 e. The zero-order chi connectivity index (χ0) is 11.1. The van der Waals surface area contributed by atoms with Crippen molar-refractivity contribution in [1.82, 2.24) is 4.90 Å². The van der Waals surface area contributed by atoms with Gasteiger partial charge in [0.05, 0.1) is 0 Å². The van der Waals surface area contributed by atoms with Crippen LogP contribution < -0.4 is 0 Å². The lowest BCUT2D eigenvalue weighted by molar-refractivity contribution is -0.142. The number of carboxylic acids is 1. The Balaban J connectivity index is 4.31. The fourth-order valence-electron chi connectivity index (χ4n) is 0.908. The molecule has 0 aromatic carbocycles. The molecule has 14 heavy (non-hydrogen) atoms. The van der Waals surface area contributed by atoms with Gasteiger partial charge in [-0.2, -0.15) is 0 Å². The molecule has 5 heteroatoms. The highest BCUT2D eigenvalue weighted by molar-refractivity contribution is 5.79. The minimum Gasteiger partial charge on any atom is -0.480 e. The summed E-state index contributed by atoms with van der Waals surface area (Å²) < 4.78 is 4.72. The van der Waals surface area contributed by atoms with E-state index in [1.165, 1.54) is 13.0 Å². The molecule has 0 saturated carbocycles. The number of hydrogen-bond donors (Lipinski definition) is 1. The third-order valence-corrected chi connectivity index (χ3v) is 1.72. The molecule has 0 heterocycles. The molecule has 1 amide bonds. The zero-order valence-electron chi connectivity index (χ0n) is 8.40. The van der Waals surface area contributed by atoms with Gasteiger partial charge in [-0.05, 0) is 13.8 Å². The Labute approximate surface area is 83.0 Å². The molecule has 80 valence electrons. The van der Waals surface area contributed by atoms with Gasteiger partial charge in [0, 0.05) is 6.54 Å². The first-order valence-electron chi connectivity index (χ1n) is 4.31. The first-order chi connectivity index (χ1) is 6.54. The second kappa shape index (κ2) is 6.01. The summed E-state index contributed by atoms with van der Waals surface area (Å²) in [7, 11) is 0. The van der Waals surface area contributed by atoms with Crippen LogP contribution in [0.3, 0.4) is 0 Å². The third-order valence-electron chi connectivity index (χ3n) is 1.72. The predicted molar refractivity (Wildman–Crippen MR) is 51.0 cm³/mol. The van der Waals surface area contributed by atoms with Crippen LogP contribution in [0.4, 0.5) is 4.79 Å². The van der Waals surface area contributed by atoms with E-state index in [9.17, 15) is 9.59 Å². The number of ether oxygens (including phenoxy) is 1. The van der Waals surface area contributed by atoms with Crippen LogP contribution in [0.2, 0.25) is 0 Å². The van der Waals surface area contributed by atoms with E-state index in [-0.39, 0.29) is 6.61 Å². The van der Waals surface area contributed by atoms with E-state index in [1.54, 1.807) is 6.92 Å². The van der Waals surface area contributed by atoms with Crippen LogP contribution in [0.5, 0.6) is 0 Å². The average molecular weight is 201 g/mol. The molecule has 0 bridgehead atoms. The molecule has 0 aromatic rings. The largest absolute Gasteiger partial charge is 0.480 e. The Morgan fingerprint density at radius 1 is 1.64 bits per heavy atom. The van der Waals surface area contributed by atoms with Crippen LogP contribution in [0.15, 0.2) is 12.7 Å². The molecule has 5 nitrogen and oxygen atoms in total. The molecular formula is C9H15NO4. The van der Waals surface area contributed by atoms with Gasteiger partial charge in [0.15, 0.2) is 0 Å². The summed E-state index contributed by atoms with van der Waals surface area (Å²) in [5.41, 5.74) is 0. The third kappa shape index (κ3) is 3.47. The number of carbonyl (C=O) groups excluding carboxylic acids is 1. The normalized spacial score (nSPS) is 11.6. The molecule has 0 aromatic heterocycles. The van der Waals surface area contributed by atoms with Crippen LogP contribution >= 0.6 is 0 Å². The van der Waals surface area contributed by atoms with Crippen LogP contribution in [0.25, 0.3) is 0 Å². The lowest BCUT2D eigenvalue weighted by Gasteiger charge is -2.23. The van der Waals surface area contributed by atoms with Crippen LogP contribution in [-0.4, -0.2) is 41.3 Å². The van der Waals surface area contributed by atoms with E-state index in [4.69, 9.17) is 9.84 Å². The topological polar surface area (TPSA) is 66.8 Å². The second-order valence-corrected chi connectivity index (χ2v) is 2.67. The van der Waals surface area contributed by atoms with Gasteiger partial charge >= 0.3 is 12.1 Å². The number of nitrogens with zero attached hydrogens (tertiary/aromatic N) is 1. The summed E-state index contributed by atoms with van der Waals surface area (Å²) in [6, 6.07) is -0.877. The molecule has 1 N–H and O–H groups in total. The first-order valence-corrected chi connectivity index (χ1v) is 4.31. The van der Waals surface area contributed by atoms with Crippen molar-refractivity contribution in [3.63, 3.8) is 0 Å². The summed E-state index contributed by atoms with van der Waals surface area (Å²) >= 11 is 0.